The zero-order valence-corrected chi connectivity index (χ0v) is 16.9. The highest BCUT2D eigenvalue weighted by Gasteiger charge is 2.15. The molecule has 0 fully saturated rings. The van der Waals surface area contributed by atoms with Gasteiger partial charge in [-0.15, -0.1) is 17.9 Å². The Labute approximate surface area is 174 Å². The Morgan fingerprint density at radius 3 is 2.67 bits per heavy atom. The number of hydrogen-bond acceptors (Lipinski definition) is 6. The average Bonchev–Trinajstić information content (AvgIpc) is 3.00. The first-order valence-electron chi connectivity index (χ1n) is 8.70. The molecule has 0 aliphatic carbocycles. The minimum atomic E-state index is -2.93. The first-order valence-corrected chi connectivity index (χ1v) is 9.51. The number of thiazole rings is 1. The number of methoxy groups -OCH3 is 1. The number of carbonyl (C=O) groups excluding carboxylic acids is 1. The van der Waals surface area contributed by atoms with Crippen LogP contribution >= 0.6 is 11.3 Å². The highest BCUT2D eigenvalue weighted by Crippen LogP contribution is 2.15. The van der Waals surface area contributed by atoms with Gasteiger partial charge in [-0.1, -0.05) is 18.2 Å². The fraction of sp³-hybridized carbons (Fsp3) is 0.250. The van der Waals surface area contributed by atoms with Gasteiger partial charge in [-0.3, -0.25) is 14.2 Å². The molecule has 1 N–H and O–H groups in total. The Bertz CT molecular complexity index is 1110. The Balaban J connectivity index is 2.54. The Kier molecular flexibility index (Phi) is 8.46. The van der Waals surface area contributed by atoms with Crippen molar-refractivity contribution in [1.29, 1.82) is 5.26 Å². The zero-order chi connectivity index (χ0) is 22.1. The maximum atomic E-state index is 12.8. The van der Waals surface area contributed by atoms with Gasteiger partial charge >= 0.3 is 6.61 Å². The van der Waals surface area contributed by atoms with Gasteiger partial charge in [-0.2, -0.15) is 14.0 Å². The molecule has 0 spiro atoms. The predicted octanol–water partition coefficient (Wildman–Crippen LogP) is 0.963. The average molecular weight is 435 g/mol. The molecule has 0 saturated carbocycles. The fourth-order valence-corrected chi connectivity index (χ4v) is 3.56. The van der Waals surface area contributed by atoms with E-state index >= 15 is 0 Å². The first kappa shape index (κ1) is 23.0. The molecule has 0 aliphatic heterocycles. The first-order chi connectivity index (χ1) is 14.4. The van der Waals surface area contributed by atoms with Crippen LogP contribution in [0.4, 0.5) is 8.78 Å². The lowest BCUT2D eigenvalue weighted by atomic mass is 10.2. The summed E-state index contributed by atoms with van der Waals surface area (Å²) >= 11 is 0.980. The summed E-state index contributed by atoms with van der Waals surface area (Å²) in [5.41, 5.74) is -0.0362. The molecule has 1 heterocycles. The molecule has 0 aliphatic rings. The second-order valence-corrected chi connectivity index (χ2v) is 6.83. The van der Waals surface area contributed by atoms with Crippen molar-refractivity contribution in [3.8, 4) is 11.8 Å². The summed E-state index contributed by atoms with van der Waals surface area (Å²) in [4.78, 5) is 25.2. The van der Waals surface area contributed by atoms with Crippen molar-refractivity contribution in [2.75, 3.05) is 20.3 Å². The van der Waals surface area contributed by atoms with E-state index in [4.69, 9.17) is 4.74 Å². The quantitative estimate of drug-likeness (QED) is 0.468. The number of hydrogen-bond donors (Lipinski definition) is 1. The molecule has 7 nitrogen and oxygen atoms in total. The largest absolute Gasteiger partial charge is 0.435 e. The standard InChI is InChI=1S/C20H19F2N3O4S/c1-3-9-25-18(27)16(11-13-4-6-14(7-5-13)29-20(21)22)30-19(25)15(12-23)17(26)24-8-10-28-2/h3-7,11,20H,1,8-10H2,2H3,(H,24,26)/b16-11-,19-15-. The van der Waals surface area contributed by atoms with Crippen LogP contribution in [0.2, 0.25) is 0 Å². The molecule has 1 aromatic carbocycles. The van der Waals surface area contributed by atoms with Gasteiger partial charge < -0.3 is 14.8 Å². The van der Waals surface area contributed by atoms with Crippen LogP contribution in [0.5, 0.6) is 5.75 Å². The van der Waals surface area contributed by atoms with E-state index in [9.17, 15) is 23.6 Å². The molecule has 0 saturated heterocycles. The summed E-state index contributed by atoms with van der Waals surface area (Å²) in [6.07, 6.45) is 3.02. The van der Waals surface area contributed by atoms with Crippen molar-refractivity contribution in [2.24, 2.45) is 0 Å². The molecule has 2 aromatic rings. The van der Waals surface area contributed by atoms with Crippen LogP contribution in [0.25, 0.3) is 11.6 Å². The Morgan fingerprint density at radius 2 is 2.10 bits per heavy atom. The molecular formula is C20H19F2N3O4S. The second kappa shape index (κ2) is 11.0. The molecule has 1 aromatic heterocycles. The maximum absolute atomic E-state index is 12.8. The number of ether oxygens (including phenoxy) is 2. The predicted molar refractivity (Wildman–Crippen MR) is 109 cm³/mol. The molecule has 158 valence electrons. The lowest BCUT2D eigenvalue weighted by Gasteiger charge is -2.03. The number of benzene rings is 1. The monoisotopic (exact) mass is 435 g/mol. The molecule has 30 heavy (non-hydrogen) atoms. The topological polar surface area (TPSA) is 93.4 Å². The SMILES string of the molecule is C=CCn1c(=O)/c(=C/c2ccc(OC(F)F)cc2)s/c1=C(/C#N)C(=O)NCCOC. The number of nitrogens with zero attached hydrogens (tertiary/aromatic N) is 2. The smallest absolute Gasteiger partial charge is 0.387 e. The van der Waals surface area contributed by atoms with Crippen molar-refractivity contribution < 1.29 is 23.0 Å². The van der Waals surface area contributed by atoms with Gasteiger partial charge in [0.05, 0.1) is 11.1 Å². The van der Waals surface area contributed by atoms with E-state index in [1.54, 1.807) is 6.08 Å². The highest BCUT2D eigenvalue weighted by molar-refractivity contribution is 7.07. The number of amides is 1. The number of alkyl halides is 2. The summed E-state index contributed by atoms with van der Waals surface area (Å²) in [5, 5.41) is 12.1. The molecule has 0 atom stereocenters. The number of carbonyl (C=O) groups is 1. The van der Waals surface area contributed by atoms with Gasteiger partial charge in [0.25, 0.3) is 11.5 Å². The van der Waals surface area contributed by atoms with Crippen LogP contribution in [-0.2, 0) is 16.1 Å². The minimum Gasteiger partial charge on any atom is -0.435 e. The summed E-state index contributed by atoms with van der Waals surface area (Å²) in [6.45, 7) is 1.27. The van der Waals surface area contributed by atoms with Crippen LogP contribution in [0.3, 0.4) is 0 Å². The van der Waals surface area contributed by atoms with Gasteiger partial charge in [-0.25, -0.2) is 0 Å². The van der Waals surface area contributed by atoms with Gasteiger partial charge in [0.2, 0.25) is 0 Å². The van der Waals surface area contributed by atoms with Crippen LogP contribution in [-0.4, -0.2) is 37.3 Å². The van der Waals surface area contributed by atoms with E-state index in [0.717, 1.165) is 11.3 Å². The van der Waals surface area contributed by atoms with Gasteiger partial charge in [0, 0.05) is 20.2 Å². The number of nitriles is 1. The number of halogens is 2. The summed E-state index contributed by atoms with van der Waals surface area (Å²) in [7, 11) is 1.48. The van der Waals surface area contributed by atoms with E-state index in [1.165, 1.54) is 42.0 Å². The van der Waals surface area contributed by atoms with Gasteiger partial charge in [-0.05, 0) is 23.8 Å². The Hall–Kier alpha value is -3.29. The highest BCUT2D eigenvalue weighted by atomic mass is 32.1. The fourth-order valence-electron chi connectivity index (χ4n) is 2.45. The van der Waals surface area contributed by atoms with E-state index < -0.39 is 18.1 Å². The third-order valence-electron chi connectivity index (χ3n) is 3.77. The summed E-state index contributed by atoms with van der Waals surface area (Å²) in [5.74, 6) is -0.625. The molecule has 0 bridgehead atoms. The summed E-state index contributed by atoms with van der Waals surface area (Å²) < 4.78 is 35.4. The molecule has 0 radical (unpaired) electrons. The lowest BCUT2D eigenvalue weighted by molar-refractivity contribution is -0.115. The van der Waals surface area contributed by atoms with Crippen molar-refractivity contribution in [3.05, 3.63) is 62.0 Å². The molecule has 1 amide bonds. The number of aromatic nitrogens is 1. The minimum absolute atomic E-state index is 0.00841. The van der Waals surface area contributed by atoms with Crippen LogP contribution in [0, 0.1) is 11.3 Å². The third kappa shape index (κ3) is 5.85. The second-order valence-electron chi connectivity index (χ2n) is 5.80. The van der Waals surface area contributed by atoms with Crippen molar-refractivity contribution in [3.63, 3.8) is 0 Å². The molecule has 2 rings (SSSR count). The van der Waals surface area contributed by atoms with Crippen LogP contribution in [0.15, 0.2) is 41.7 Å². The number of rotatable bonds is 9. The zero-order valence-electron chi connectivity index (χ0n) is 16.1. The van der Waals surface area contributed by atoms with Crippen LogP contribution < -0.4 is 24.8 Å². The van der Waals surface area contributed by atoms with Gasteiger partial charge in [0.15, 0.2) is 5.57 Å². The molecule has 0 unspecified atom stereocenters. The van der Waals surface area contributed by atoms with E-state index in [2.05, 4.69) is 16.6 Å². The lowest BCUT2D eigenvalue weighted by Crippen LogP contribution is -2.35. The van der Waals surface area contributed by atoms with Crippen molar-refractivity contribution in [2.45, 2.75) is 13.2 Å². The van der Waals surface area contributed by atoms with E-state index in [1.807, 2.05) is 6.07 Å². The normalized spacial score (nSPS) is 12.4. The number of allylic oxidation sites excluding steroid dienone is 1. The summed E-state index contributed by atoms with van der Waals surface area (Å²) in [6, 6.07) is 7.59. The Morgan fingerprint density at radius 1 is 1.40 bits per heavy atom. The van der Waals surface area contributed by atoms with Crippen molar-refractivity contribution >= 4 is 28.9 Å². The van der Waals surface area contributed by atoms with Gasteiger partial charge in [0.1, 0.15) is 16.5 Å². The maximum Gasteiger partial charge on any atom is 0.387 e. The van der Waals surface area contributed by atoms with E-state index in [-0.39, 0.29) is 40.2 Å². The molecule has 10 heteroatoms. The molecular weight excluding hydrogens is 416 g/mol. The van der Waals surface area contributed by atoms with Crippen molar-refractivity contribution in [1.82, 2.24) is 9.88 Å². The third-order valence-corrected chi connectivity index (χ3v) is 4.90. The van der Waals surface area contributed by atoms with Crippen LogP contribution in [0.1, 0.15) is 5.56 Å². The van der Waals surface area contributed by atoms with E-state index in [0.29, 0.717) is 5.56 Å². The number of nitrogens with one attached hydrogen (secondary N) is 1.